The molecule has 0 aliphatic heterocycles. The minimum Gasteiger partial charge on any atom is -0.505 e. The lowest BCUT2D eigenvalue weighted by Gasteiger charge is -2.09. The molecule has 3 N–H and O–H groups in total. The molecular formula is C9H9BrFNO. The Morgan fingerprint density at radius 1 is 1.62 bits per heavy atom. The van der Waals surface area contributed by atoms with E-state index in [2.05, 4.69) is 22.5 Å². The van der Waals surface area contributed by atoms with Crippen LogP contribution in [0, 0.1) is 5.82 Å². The molecule has 0 radical (unpaired) electrons. The largest absolute Gasteiger partial charge is 0.505 e. The van der Waals surface area contributed by atoms with Crippen molar-refractivity contribution >= 4 is 15.9 Å². The summed E-state index contributed by atoms with van der Waals surface area (Å²) in [4.78, 5) is 0. The molecular weight excluding hydrogens is 237 g/mol. The smallest absolute Gasteiger partial charge is 0.179 e. The third-order valence-electron chi connectivity index (χ3n) is 1.71. The topological polar surface area (TPSA) is 46.2 Å². The molecule has 1 rings (SSSR count). The maximum Gasteiger partial charge on any atom is 0.179 e. The third-order valence-corrected chi connectivity index (χ3v) is 2.33. The molecule has 0 aliphatic carbocycles. The number of phenolic OH excluding ortho intramolecular Hbond substituents is 1. The highest BCUT2D eigenvalue weighted by atomic mass is 79.9. The number of halogens is 2. The van der Waals surface area contributed by atoms with Gasteiger partial charge in [-0.15, -0.1) is 6.58 Å². The van der Waals surface area contributed by atoms with Crippen LogP contribution < -0.4 is 5.73 Å². The van der Waals surface area contributed by atoms with Gasteiger partial charge in [-0.2, -0.15) is 0 Å². The van der Waals surface area contributed by atoms with Gasteiger partial charge in [-0.05, 0) is 22.0 Å². The van der Waals surface area contributed by atoms with Crippen molar-refractivity contribution in [3.8, 4) is 5.75 Å². The SMILES string of the molecule is C=C[C@@H](N)c1ccc(Br)c(F)c1O. The molecule has 0 saturated heterocycles. The first-order valence-electron chi connectivity index (χ1n) is 3.63. The van der Waals surface area contributed by atoms with Gasteiger partial charge in [0.25, 0.3) is 0 Å². The minimum atomic E-state index is -0.699. The van der Waals surface area contributed by atoms with Crippen LogP contribution in [0.3, 0.4) is 0 Å². The fraction of sp³-hybridized carbons (Fsp3) is 0.111. The summed E-state index contributed by atoms with van der Waals surface area (Å²) in [5.74, 6) is -1.13. The highest BCUT2D eigenvalue weighted by Gasteiger charge is 2.13. The normalized spacial score (nSPS) is 12.5. The van der Waals surface area contributed by atoms with E-state index in [0.29, 0.717) is 5.56 Å². The molecule has 1 atom stereocenters. The van der Waals surface area contributed by atoms with E-state index in [9.17, 15) is 9.50 Å². The number of rotatable bonds is 2. The Hall–Kier alpha value is -0.870. The van der Waals surface area contributed by atoms with Crippen molar-refractivity contribution in [3.63, 3.8) is 0 Å². The monoisotopic (exact) mass is 245 g/mol. The average molecular weight is 246 g/mol. The first-order valence-corrected chi connectivity index (χ1v) is 4.42. The summed E-state index contributed by atoms with van der Waals surface area (Å²) in [5, 5.41) is 9.35. The number of nitrogens with two attached hydrogens (primary N) is 1. The van der Waals surface area contributed by atoms with Gasteiger partial charge in [0.2, 0.25) is 0 Å². The zero-order valence-corrected chi connectivity index (χ0v) is 8.38. The van der Waals surface area contributed by atoms with Gasteiger partial charge in [0, 0.05) is 5.56 Å². The number of hydrogen-bond acceptors (Lipinski definition) is 2. The number of hydrogen-bond donors (Lipinski definition) is 2. The van der Waals surface area contributed by atoms with Crippen LogP contribution in [-0.4, -0.2) is 5.11 Å². The van der Waals surface area contributed by atoms with E-state index >= 15 is 0 Å². The molecule has 70 valence electrons. The zero-order chi connectivity index (χ0) is 10.0. The molecule has 4 heteroatoms. The summed E-state index contributed by atoms with van der Waals surface area (Å²) in [6, 6.07) is 2.49. The lowest BCUT2D eigenvalue weighted by atomic mass is 10.1. The van der Waals surface area contributed by atoms with E-state index in [1.807, 2.05) is 0 Å². The van der Waals surface area contributed by atoms with Gasteiger partial charge in [-0.3, -0.25) is 0 Å². The Kier molecular flexibility index (Phi) is 3.06. The van der Waals surface area contributed by atoms with Crippen LogP contribution >= 0.6 is 15.9 Å². The van der Waals surface area contributed by atoms with Gasteiger partial charge in [0.1, 0.15) is 0 Å². The Balaban J connectivity index is 3.25. The summed E-state index contributed by atoms with van der Waals surface area (Å²) in [7, 11) is 0. The lowest BCUT2D eigenvalue weighted by molar-refractivity contribution is 0.422. The molecule has 13 heavy (non-hydrogen) atoms. The fourth-order valence-electron chi connectivity index (χ4n) is 0.951. The van der Waals surface area contributed by atoms with Crippen LogP contribution in [0.25, 0.3) is 0 Å². The summed E-state index contributed by atoms with van der Waals surface area (Å²) < 4.78 is 13.3. The summed E-state index contributed by atoms with van der Waals surface area (Å²) in [6.07, 6.45) is 1.43. The molecule has 0 amide bonds. The van der Waals surface area contributed by atoms with E-state index in [-0.39, 0.29) is 4.47 Å². The van der Waals surface area contributed by atoms with Crippen LogP contribution in [0.15, 0.2) is 29.3 Å². The van der Waals surface area contributed by atoms with Crippen LogP contribution in [-0.2, 0) is 0 Å². The zero-order valence-electron chi connectivity index (χ0n) is 6.80. The standard InChI is InChI=1S/C9H9BrFNO/c1-2-7(12)5-3-4-6(10)8(11)9(5)13/h2-4,7,13H,1,12H2/t7-/m1/s1. The molecule has 0 bridgehead atoms. The molecule has 1 aromatic rings. The van der Waals surface area contributed by atoms with E-state index in [1.54, 1.807) is 6.07 Å². The van der Waals surface area contributed by atoms with Crippen molar-refractivity contribution < 1.29 is 9.50 Å². The quantitative estimate of drug-likeness (QED) is 0.787. The van der Waals surface area contributed by atoms with Gasteiger partial charge in [-0.1, -0.05) is 12.1 Å². The lowest BCUT2D eigenvalue weighted by Crippen LogP contribution is -2.07. The first-order chi connectivity index (χ1) is 6.07. The minimum absolute atomic E-state index is 0.213. The van der Waals surface area contributed by atoms with Crippen molar-refractivity contribution in [1.29, 1.82) is 0 Å². The molecule has 2 nitrogen and oxygen atoms in total. The van der Waals surface area contributed by atoms with Crippen molar-refractivity contribution in [2.24, 2.45) is 5.73 Å². The average Bonchev–Trinajstić information content (AvgIpc) is 2.13. The summed E-state index contributed by atoms with van der Waals surface area (Å²) in [6.45, 7) is 3.46. The molecule has 0 aromatic heterocycles. The molecule has 1 aromatic carbocycles. The second-order valence-corrected chi connectivity index (χ2v) is 3.42. The number of phenols is 1. The Morgan fingerprint density at radius 2 is 2.23 bits per heavy atom. The van der Waals surface area contributed by atoms with Crippen molar-refractivity contribution in [2.45, 2.75) is 6.04 Å². The van der Waals surface area contributed by atoms with Gasteiger partial charge >= 0.3 is 0 Å². The van der Waals surface area contributed by atoms with Crippen molar-refractivity contribution in [1.82, 2.24) is 0 Å². The third kappa shape index (κ3) is 1.89. The number of aromatic hydroxyl groups is 1. The van der Waals surface area contributed by atoms with Crippen LogP contribution in [0.5, 0.6) is 5.75 Å². The summed E-state index contributed by atoms with van der Waals surface area (Å²) >= 11 is 2.95. The maximum atomic E-state index is 13.1. The van der Waals surface area contributed by atoms with Crippen LogP contribution in [0.1, 0.15) is 11.6 Å². The predicted molar refractivity (Wildman–Crippen MR) is 52.9 cm³/mol. The second-order valence-electron chi connectivity index (χ2n) is 2.56. The van der Waals surface area contributed by atoms with Gasteiger partial charge in [-0.25, -0.2) is 4.39 Å². The molecule has 0 aliphatic rings. The second kappa shape index (κ2) is 3.89. The molecule has 0 saturated carbocycles. The van der Waals surface area contributed by atoms with Crippen LogP contribution in [0.2, 0.25) is 0 Å². The predicted octanol–water partition coefficient (Wildman–Crippen LogP) is 2.48. The molecule has 0 unspecified atom stereocenters. The van der Waals surface area contributed by atoms with Gasteiger partial charge < -0.3 is 10.8 Å². The highest BCUT2D eigenvalue weighted by Crippen LogP contribution is 2.31. The fourth-order valence-corrected chi connectivity index (χ4v) is 1.27. The van der Waals surface area contributed by atoms with E-state index in [4.69, 9.17) is 5.73 Å². The van der Waals surface area contributed by atoms with E-state index in [0.717, 1.165) is 0 Å². The van der Waals surface area contributed by atoms with E-state index < -0.39 is 17.6 Å². The number of benzene rings is 1. The molecule has 0 fully saturated rings. The van der Waals surface area contributed by atoms with E-state index in [1.165, 1.54) is 12.1 Å². The van der Waals surface area contributed by atoms with Gasteiger partial charge in [0.05, 0.1) is 10.5 Å². The Bertz CT molecular complexity index is 341. The van der Waals surface area contributed by atoms with Crippen molar-refractivity contribution in [2.75, 3.05) is 0 Å². The van der Waals surface area contributed by atoms with Crippen molar-refractivity contribution in [3.05, 3.63) is 40.6 Å². The molecule has 0 spiro atoms. The maximum absolute atomic E-state index is 13.1. The summed E-state index contributed by atoms with van der Waals surface area (Å²) in [5.41, 5.74) is 5.88. The highest BCUT2D eigenvalue weighted by molar-refractivity contribution is 9.10. The molecule has 0 heterocycles. The van der Waals surface area contributed by atoms with Gasteiger partial charge in [0.15, 0.2) is 11.6 Å². The first kappa shape index (κ1) is 10.2. The Labute approximate surface area is 84.0 Å². The Morgan fingerprint density at radius 3 is 2.77 bits per heavy atom. The van der Waals surface area contributed by atoms with Crippen LogP contribution in [0.4, 0.5) is 4.39 Å².